The molecule has 0 spiro atoms. The van der Waals surface area contributed by atoms with Gasteiger partial charge >= 0.3 is 0 Å². The molecule has 0 aliphatic heterocycles. The van der Waals surface area contributed by atoms with Gasteiger partial charge in [-0.1, -0.05) is 24.3 Å². The van der Waals surface area contributed by atoms with Crippen LogP contribution in [-0.2, 0) is 4.79 Å². The number of nitrogens with zero attached hydrogens (tertiary/aromatic N) is 3. The van der Waals surface area contributed by atoms with Crippen molar-refractivity contribution in [2.75, 3.05) is 0 Å². The largest absolute Gasteiger partial charge is 0.278 e. The molecule has 0 saturated heterocycles. The number of aromatic nitrogens is 3. The SMILES string of the molecule is Cc1cncn1C=O.c1ccc2ncccc2c1. The lowest BCUT2D eigenvalue weighted by atomic mass is 10.2. The topological polar surface area (TPSA) is 47.8 Å². The molecule has 18 heavy (non-hydrogen) atoms. The zero-order valence-electron chi connectivity index (χ0n) is 10.0. The van der Waals surface area contributed by atoms with Gasteiger partial charge in [-0.15, -0.1) is 0 Å². The molecular weight excluding hydrogens is 226 g/mol. The predicted molar refractivity (Wildman–Crippen MR) is 70.9 cm³/mol. The third kappa shape index (κ3) is 2.79. The van der Waals surface area contributed by atoms with Crippen molar-refractivity contribution in [3.8, 4) is 0 Å². The van der Waals surface area contributed by atoms with Crippen LogP contribution in [0.15, 0.2) is 55.1 Å². The van der Waals surface area contributed by atoms with Crippen LogP contribution in [0.1, 0.15) is 5.69 Å². The van der Waals surface area contributed by atoms with Crippen LogP contribution in [0.25, 0.3) is 10.9 Å². The molecule has 0 amide bonds. The summed E-state index contributed by atoms with van der Waals surface area (Å²) in [7, 11) is 0. The molecular formula is C14H13N3O. The summed E-state index contributed by atoms with van der Waals surface area (Å²) in [5, 5.41) is 1.20. The van der Waals surface area contributed by atoms with E-state index in [1.807, 2.05) is 37.4 Å². The first kappa shape index (κ1) is 12.0. The Morgan fingerprint density at radius 1 is 1.17 bits per heavy atom. The van der Waals surface area contributed by atoms with Crippen LogP contribution in [0, 0.1) is 6.92 Å². The standard InChI is InChI=1S/C9H7N.C5H6N2O/c1-2-6-9-8(4-1)5-3-7-10-9;1-5-2-6-3-7(5)4-8/h1-7H;2-4H,1H3. The average Bonchev–Trinajstić information content (AvgIpc) is 2.85. The van der Waals surface area contributed by atoms with Gasteiger partial charge in [-0.2, -0.15) is 0 Å². The van der Waals surface area contributed by atoms with Crippen molar-refractivity contribution in [1.29, 1.82) is 0 Å². The minimum Gasteiger partial charge on any atom is -0.278 e. The molecule has 1 aromatic carbocycles. The van der Waals surface area contributed by atoms with Crippen molar-refractivity contribution in [2.24, 2.45) is 0 Å². The van der Waals surface area contributed by atoms with Crippen LogP contribution in [0.4, 0.5) is 0 Å². The maximum atomic E-state index is 10.0. The molecule has 0 saturated carbocycles. The molecule has 0 unspecified atom stereocenters. The van der Waals surface area contributed by atoms with Crippen LogP contribution in [0.5, 0.6) is 0 Å². The third-order valence-electron chi connectivity index (χ3n) is 2.49. The Bertz CT molecular complexity index is 581. The summed E-state index contributed by atoms with van der Waals surface area (Å²) in [6.45, 7) is 1.82. The van der Waals surface area contributed by atoms with Crippen LogP contribution >= 0.6 is 0 Å². The van der Waals surface area contributed by atoms with Gasteiger partial charge in [-0.3, -0.25) is 14.3 Å². The van der Waals surface area contributed by atoms with E-state index >= 15 is 0 Å². The molecule has 2 aromatic heterocycles. The maximum Gasteiger partial charge on any atom is 0.219 e. The van der Waals surface area contributed by atoms with Crippen molar-refractivity contribution in [2.45, 2.75) is 6.92 Å². The van der Waals surface area contributed by atoms with Crippen molar-refractivity contribution >= 4 is 17.3 Å². The number of imidazole rings is 1. The Balaban J connectivity index is 0.000000138. The minimum atomic E-state index is 0.725. The van der Waals surface area contributed by atoms with Gasteiger partial charge in [0.05, 0.1) is 5.52 Å². The Morgan fingerprint density at radius 3 is 2.56 bits per heavy atom. The zero-order chi connectivity index (χ0) is 12.8. The second kappa shape index (κ2) is 5.72. The molecule has 0 atom stereocenters. The van der Waals surface area contributed by atoms with Crippen LogP contribution in [0.3, 0.4) is 0 Å². The van der Waals surface area contributed by atoms with E-state index in [-0.39, 0.29) is 0 Å². The number of rotatable bonds is 1. The summed E-state index contributed by atoms with van der Waals surface area (Å²) in [4.78, 5) is 17.9. The fourth-order valence-corrected chi connectivity index (χ4v) is 1.50. The molecule has 90 valence electrons. The summed E-state index contributed by atoms with van der Waals surface area (Å²) < 4.78 is 1.42. The number of hydrogen-bond acceptors (Lipinski definition) is 3. The molecule has 2 heterocycles. The smallest absolute Gasteiger partial charge is 0.219 e. The lowest BCUT2D eigenvalue weighted by Crippen LogP contribution is -1.92. The van der Waals surface area contributed by atoms with Crippen molar-refractivity contribution < 1.29 is 4.79 Å². The first-order chi connectivity index (χ1) is 8.81. The van der Waals surface area contributed by atoms with E-state index in [9.17, 15) is 4.79 Å². The van der Waals surface area contributed by atoms with Gasteiger partial charge in [-0.05, 0) is 19.1 Å². The van der Waals surface area contributed by atoms with E-state index in [0.717, 1.165) is 17.6 Å². The van der Waals surface area contributed by atoms with E-state index in [1.165, 1.54) is 16.3 Å². The minimum absolute atomic E-state index is 0.725. The number of aryl methyl sites for hydroxylation is 1. The fourth-order valence-electron chi connectivity index (χ4n) is 1.50. The molecule has 0 aliphatic rings. The highest BCUT2D eigenvalue weighted by Crippen LogP contribution is 2.07. The molecule has 0 aliphatic carbocycles. The Labute approximate surface area is 105 Å². The van der Waals surface area contributed by atoms with Crippen molar-refractivity contribution in [1.82, 2.24) is 14.5 Å². The Kier molecular flexibility index (Phi) is 3.81. The molecule has 0 N–H and O–H groups in total. The number of para-hydroxylation sites is 1. The van der Waals surface area contributed by atoms with Gasteiger partial charge in [0.25, 0.3) is 0 Å². The van der Waals surface area contributed by atoms with Crippen molar-refractivity contribution in [3.63, 3.8) is 0 Å². The highest BCUT2D eigenvalue weighted by atomic mass is 16.1. The maximum absolute atomic E-state index is 10.0. The first-order valence-corrected chi connectivity index (χ1v) is 5.55. The van der Waals surface area contributed by atoms with Gasteiger partial charge in [0, 0.05) is 23.5 Å². The summed E-state index contributed by atoms with van der Waals surface area (Å²) in [5.41, 5.74) is 1.92. The molecule has 0 radical (unpaired) electrons. The number of benzene rings is 1. The van der Waals surface area contributed by atoms with E-state index in [1.54, 1.807) is 6.20 Å². The summed E-state index contributed by atoms with van der Waals surface area (Å²) in [5.74, 6) is 0. The van der Waals surface area contributed by atoms with Gasteiger partial charge in [-0.25, -0.2) is 4.98 Å². The van der Waals surface area contributed by atoms with Crippen LogP contribution in [-0.4, -0.2) is 20.9 Å². The summed E-state index contributed by atoms with van der Waals surface area (Å²) >= 11 is 0. The Hall–Kier alpha value is -2.49. The van der Waals surface area contributed by atoms with Gasteiger partial charge < -0.3 is 0 Å². The second-order valence-corrected chi connectivity index (χ2v) is 3.74. The summed E-state index contributed by atoms with van der Waals surface area (Å²) in [6.07, 6.45) is 5.64. The van der Waals surface area contributed by atoms with E-state index in [2.05, 4.69) is 22.1 Å². The lowest BCUT2D eigenvalue weighted by Gasteiger charge is -1.91. The van der Waals surface area contributed by atoms with Crippen molar-refractivity contribution in [3.05, 3.63) is 60.8 Å². The molecule has 4 heteroatoms. The molecule has 4 nitrogen and oxygen atoms in total. The number of hydrogen-bond donors (Lipinski definition) is 0. The van der Waals surface area contributed by atoms with Gasteiger partial charge in [0.2, 0.25) is 6.41 Å². The highest BCUT2D eigenvalue weighted by molar-refractivity contribution is 5.77. The molecule has 0 fully saturated rings. The predicted octanol–water partition coefficient (Wildman–Crippen LogP) is 2.46. The highest BCUT2D eigenvalue weighted by Gasteiger charge is 1.89. The van der Waals surface area contributed by atoms with E-state index in [4.69, 9.17) is 0 Å². The van der Waals surface area contributed by atoms with Gasteiger partial charge in [0.1, 0.15) is 6.33 Å². The van der Waals surface area contributed by atoms with Gasteiger partial charge in [0.15, 0.2) is 0 Å². The zero-order valence-corrected chi connectivity index (χ0v) is 10.0. The quantitative estimate of drug-likeness (QED) is 0.613. The molecule has 3 aromatic rings. The lowest BCUT2D eigenvalue weighted by molar-refractivity contribution is 0.546. The monoisotopic (exact) mass is 239 g/mol. The number of pyridine rings is 1. The number of carbonyl (C=O) groups is 1. The van der Waals surface area contributed by atoms with Crippen LogP contribution < -0.4 is 0 Å². The third-order valence-corrected chi connectivity index (χ3v) is 2.49. The number of carbonyl (C=O) groups excluding carboxylic acids is 1. The second-order valence-electron chi connectivity index (χ2n) is 3.74. The van der Waals surface area contributed by atoms with E-state index < -0.39 is 0 Å². The number of fused-ring (bicyclic) bond motifs is 1. The fraction of sp³-hybridized carbons (Fsp3) is 0.0714. The molecule has 0 bridgehead atoms. The first-order valence-electron chi connectivity index (χ1n) is 5.55. The van der Waals surface area contributed by atoms with Crippen LogP contribution in [0.2, 0.25) is 0 Å². The Morgan fingerprint density at radius 2 is 1.94 bits per heavy atom. The average molecular weight is 239 g/mol. The van der Waals surface area contributed by atoms with E-state index in [0.29, 0.717) is 0 Å². The molecule has 3 rings (SSSR count). The normalized spacial score (nSPS) is 9.61. The summed E-state index contributed by atoms with van der Waals surface area (Å²) in [6, 6.07) is 12.1.